The van der Waals surface area contributed by atoms with Crippen molar-refractivity contribution in [2.75, 3.05) is 17.2 Å². The predicted octanol–water partition coefficient (Wildman–Crippen LogP) is 6.17. The van der Waals surface area contributed by atoms with Crippen LogP contribution in [0.5, 0.6) is 0 Å². The molecule has 0 unspecified atom stereocenters. The molecule has 1 aromatic heterocycles. The largest absolute Gasteiger partial charge is 0.352 e. The van der Waals surface area contributed by atoms with Crippen LogP contribution in [0, 0.1) is 0 Å². The number of anilines is 1. The highest BCUT2D eigenvalue weighted by Gasteiger charge is 2.40. The fourth-order valence-electron chi connectivity index (χ4n) is 4.31. The van der Waals surface area contributed by atoms with Crippen molar-refractivity contribution in [1.29, 1.82) is 0 Å². The van der Waals surface area contributed by atoms with E-state index in [0.29, 0.717) is 21.6 Å². The zero-order chi connectivity index (χ0) is 26.2. The maximum atomic E-state index is 13.6. The molecule has 6 nitrogen and oxygen atoms in total. The zero-order valence-electron chi connectivity index (χ0n) is 21.0. The molecule has 1 aliphatic rings. The van der Waals surface area contributed by atoms with Gasteiger partial charge in [0.25, 0.3) is 0 Å². The number of hydrogen-bond acceptors (Lipinski definition) is 4. The molecule has 0 radical (unpaired) electrons. The summed E-state index contributed by atoms with van der Waals surface area (Å²) in [5.41, 5.74) is 2.97. The number of amides is 2. The van der Waals surface area contributed by atoms with Crippen molar-refractivity contribution in [2.24, 2.45) is 0 Å². The first kappa shape index (κ1) is 26.6. The summed E-state index contributed by atoms with van der Waals surface area (Å²) in [5, 5.41) is 8.88. The second-order valence-corrected chi connectivity index (χ2v) is 12.1. The first-order chi connectivity index (χ1) is 17.0. The number of thioether (sulfide) groups is 1. The number of nitrogens with one attached hydrogen (secondary N) is 1. The third kappa shape index (κ3) is 5.43. The number of carbonyl (C=O) groups is 2. The number of nitrogens with zero attached hydrogens (tertiary/aromatic N) is 3. The minimum atomic E-state index is -0.354. The first-order valence-corrected chi connectivity index (χ1v) is 13.6. The van der Waals surface area contributed by atoms with Gasteiger partial charge in [-0.1, -0.05) is 68.2 Å². The van der Waals surface area contributed by atoms with Crippen LogP contribution in [0.2, 0.25) is 10.0 Å². The molecule has 0 saturated carbocycles. The Morgan fingerprint density at radius 3 is 2.53 bits per heavy atom. The molecule has 2 heterocycles. The summed E-state index contributed by atoms with van der Waals surface area (Å²) >= 11 is 14.5. The van der Waals surface area contributed by atoms with Gasteiger partial charge < -0.3 is 5.32 Å². The molecule has 0 bridgehead atoms. The summed E-state index contributed by atoms with van der Waals surface area (Å²) in [4.78, 5) is 28.1. The first-order valence-electron chi connectivity index (χ1n) is 11.8. The average molecular weight is 546 g/mol. The van der Waals surface area contributed by atoms with E-state index in [4.69, 9.17) is 28.3 Å². The van der Waals surface area contributed by atoms with E-state index in [9.17, 15) is 9.59 Å². The van der Waals surface area contributed by atoms with Crippen LogP contribution in [-0.4, -0.2) is 39.9 Å². The molecule has 1 aliphatic heterocycles. The Kier molecular flexibility index (Phi) is 7.74. The lowest BCUT2D eigenvalue weighted by Gasteiger charge is -2.25. The van der Waals surface area contributed by atoms with E-state index < -0.39 is 0 Å². The quantitative estimate of drug-likeness (QED) is 0.417. The predicted molar refractivity (Wildman–Crippen MR) is 149 cm³/mol. The fraction of sp³-hybridized carbons (Fsp3) is 0.370. The summed E-state index contributed by atoms with van der Waals surface area (Å²) in [6, 6.07) is 15.0. The van der Waals surface area contributed by atoms with Gasteiger partial charge in [0.15, 0.2) is 0 Å². The molecule has 9 heteroatoms. The molecular weight excluding hydrogens is 515 g/mol. The van der Waals surface area contributed by atoms with Crippen LogP contribution < -0.4 is 10.2 Å². The third-order valence-corrected chi connectivity index (χ3v) is 7.61. The number of aromatic nitrogens is 2. The molecule has 190 valence electrons. The Morgan fingerprint density at radius 1 is 1.17 bits per heavy atom. The highest BCUT2D eigenvalue weighted by molar-refractivity contribution is 8.00. The number of hydrogen-bond donors (Lipinski definition) is 1. The van der Waals surface area contributed by atoms with Gasteiger partial charge >= 0.3 is 0 Å². The Morgan fingerprint density at radius 2 is 1.89 bits per heavy atom. The van der Waals surface area contributed by atoms with Gasteiger partial charge in [0.05, 0.1) is 22.4 Å². The minimum absolute atomic E-state index is 0.0488. The minimum Gasteiger partial charge on any atom is -0.352 e. The molecule has 0 aliphatic carbocycles. The molecule has 0 spiro atoms. The number of fused-ring (bicyclic) bond motifs is 1. The molecule has 4 rings (SSSR count). The van der Waals surface area contributed by atoms with E-state index >= 15 is 0 Å². The summed E-state index contributed by atoms with van der Waals surface area (Å²) in [7, 11) is 0. The summed E-state index contributed by atoms with van der Waals surface area (Å²) in [6.07, 6.45) is 0. The third-order valence-electron chi connectivity index (χ3n) is 5.79. The van der Waals surface area contributed by atoms with E-state index in [0.717, 1.165) is 16.8 Å². The van der Waals surface area contributed by atoms with Gasteiger partial charge in [-0.05, 0) is 43.7 Å². The summed E-state index contributed by atoms with van der Waals surface area (Å²) in [5.74, 6) is 0.361. The van der Waals surface area contributed by atoms with E-state index in [1.807, 2.05) is 50.2 Å². The average Bonchev–Trinajstić information content (AvgIpc) is 3.13. The summed E-state index contributed by atoms with van der Waals surface area (Å²) < 4.78 is 1.75. The smallest absolute Gasteiger partial charge is 0.240 e. The maximum absolute atomic E-state index is 13.6. The van der Waals surface area contributed by atoms with Crippen LogP contribution in [-0.2, 0) is 15.0 Å². The van der Waals surface area contributed by atoms with Crippen molar-refractivity contribution in [2.45, 2.75) is 51.3 Å². The highest BCUT2D eigenvalue weighted by atomic mass is 35.5. The monoisotopic (exact) mass is 544 g/mol. The van der Waals surface area contributed by atoms with Gasteiger partial charge in [-0.25, -0.2) is 4.68 Å². The molecule has 2 amide bonds. The van der Waals surface area contributed by atoms with Crippen LogP contribution in [0.3, 0.4) is 0 Å². The summed E-state index contributed by atoms with van der Waals surface area (Å²) in [6.45, 7) is 9.95. The second-order valence-electron chi connectivity index (χ2n) is 10.1. The Labute approximate surface area is 226 Å². The molecule has 0 fully saturated rings. The van der Waals surface area contributed by atoms with Gasteiger partial charge in [-0.2, -0.15) is 5.10 Å². The van der Waals surface area contributed by atoms with Crippen molar-refractivity contribution in [3.05, 3.63) is 75.4 Å². The van der Waals surface area contributed by atoms with Crippen molar-refractivity contribution in [3.8, 4) is 5.69 Å². The topological polar surface area (TPSA) is 67.2 Å². The number of rotatable bonds is 5. The van der Waals surface area contributed by atoms with Crippen LogP contribution >= 0.6 is 35.0 Å². The Balaban J connectivity index is 2.03. The van der Waals surface area contributed by atoms with E-state index in [1.54, 1.807) is 21.7 Å². The van der Waals surface area contributed by atoms with Gasteiger partial charge in [-0.15, -0.1) is 11.8 Å². The van der Waals surface area contributed by atoms with E-state index in [2.05, 4.69) is 26.1 Å². The van der Waals surface area contributed by atoms with Crippen molar-refractivity contribution >= 4 is 52.6 Å². The molecule has 1 atom stereocenters. The van der Waals surface area contributed by atoms with Crippen molar-refractivity contribution in [3.63, 3.8) is 0 Å². The van der Waals surface area contributed by atoms with E-state index in [1.165, 1.54) is 11.8 Å². The van der Waals surface area contributed by atoms with Crippen LogP contribution in [0.1, 0.15) is 56.7 Å². The number of benzene rings is 2. The Hall–Kier alpha value is -2.48. The standard InChI is InChI=1S/C27H30Cl2N4O2S/c1-16(2)30-21(34)14-32-22(35)15-36-24(19-11-6-7-12-20(19)29)23-25(27(3,4)5)31-33(26(23)32)18-10-8-9-17(28)13-18/h6-13,16,24H,14-15H2,1-5H3,(H,30,34)/t24-/m0/s1. The number of halogens is 2. The van der Waals surface area contributed by atoms with Gasteiger partial charge in [-0.3, -0.25) is 14.5 Å². The Bertz CT molecular complexity index is 1300. The van der Waals surface area contributed by atoms with Crippen molar-refractivity contribution in [1.82, 2.24) is 15.1 Å². The van der Waals surface area contributed by atoms with Crippen LogP contribution in [0.15, 0.2) is 48.5 Å². The molecular formula is C27H30Cl2N4O2S. The van der Waals surface area contributed by atoms with Crippen LogP contribution in [0.4, 0.5) is 5.82 Å². The molecule has 2 aromatic carbocycles. The lowest BCUT2D eigenvalue weighted by molar-refractivity contribution is -0.123. The van der Waals surface area contributed by atoms with Crippen molar-refractivity contribution < 1.29 is 9.59 Å². The highest BCUT2D eigenvalue weighted by Crippen LogP contribution is 2.49. The van der Waals surface area contributed by atoms with E-state index in [-0.39, 0.29) is 40.8 Å². The lowest BCUT2D eigenvalue weighted by Crippen LogP contribution is -2.44. The lowest BCUT2D eigenvalue weighted by atomic mass is 9.87. The molecule has 3 aromatic rings. The molecule has 36 heavy (non-hydrogen) atoms. The normalized spacial score (nSPS) is 16.2. The van der Waals surface area contributed by atoms with Gasteiger partial charge in [0.2, 0.25) is 11.8 Å². The second kappa shape index (κ2) is 10.5. The zero-order valence-corrected chi connectivity index (χ0v) is 23.3. The van der Waals surface area contributed by atoms with Gasteiger partial charge in [0, 0.05) is 27.1 Å². The maximum Gasteiger partial charge on any atom is 0.240 e. The van der Waals surface area contributed by atoms with Gasteiger partial charge in [0.1, 0.15) is 12.4 Å². The van der Waals surface area contributed by atoms with Crippen LogP contribution in [0.25, 0.3) is 5.69 Å². The fourth-order valence-corrected chi connectivity index (χ4v) is 6.03. The molecule has 0 saturated heterocycles. The number of carbonyl (C=O) groups excluding carboxylic acids is 2. The SMILES string of the molecule is CC(C)NC(=O)CN1C(=O)CS[C@@H](c2ccccc2Cl)c2c(C(C)(C)C)nn(-c3cccc(Cl)c3)c21. The molecule has 1 N–H and O–H groups in total.